The number of nitrogens with zero attached hydrogens (tertiary/aromatic N) is 1. The van der Waals surface area contributed by atoms with E-state index in [4.69, 9.17) is 9.47 Å². The molecule has 1 amide bonds. The van der Waals surface area contributed by atoms with E-state index in [1.807, 2.05) is 18.2 Å². The van der Waals surface area contributed by atoms with Crippen molar-refractivity contribution in [1.29, 1.82) is 0 Å². The zero-order valence-electron chi connectivity index (χ0n) is 16.2. The fourth-order valence-electron chi connectivity index (χ4n) is 3.51. The number of fused-ring (bicyclic) bond motifs is 3. The number of benzene rings is 2. The van der Waals surface area contributed by atoms with Gasteiger partial charge in [0.2, 0.25) is 0 Å². The van der Waals surface area contributed by atoms with Gasteiger partial charge in [-0.1, -0.05) is 0 Å². The van der Waals surface area contributed by atoms with Crippen LogP contribution in [0, 0.1) is 0 Å². The molecule has 0 fully saturated rings. The van der Waals surface area contributed by atoms with Crippen LogP contribution in [0.3, 0.4) is 0 Å². The van der Waals surface area contributed by atoms with Crippen molar-refractivity contribution in [2.24, 2.45) is 0 Å². The molecule has 0 saturated carbocycles. The number of hydrogen-bond donors (Lipinski definition) is 2. The van der Waals surface area contributed by atoms with E-state index >= 15 is 0 Å². The van der Waals surface area contributed by atoms with Gasteiger partial charge in [-0.15, -0.1) is 0 Å². The zero-order chi connectivity index (χ0) is 20.4. The molecule has 7 heteroatoms. The van der Waals surface area contributed by atoms with Crippen molar-refractivity contribution in [2.75, 3.05) is 19.0 Å². The van der Waals surface area contributed by atoms with Gasteiger partial charge in [0.05, 0.1) is 25.0 Å². The first-order valence-corrected chi connectivity index (χ1v) is 9.43. The van der Waals surface area contributed by atoms with E-state index in [0.717, 1.165) is 41.0 Å². The van der Waals surface area contributed by atoms with Gasteiger partial charge in [-0.25, -0.2) is 4.79 Å². The predicted molar refractivity (Wildman–Crippen MR) is 108 cm³/mol. The molecule has 2 N–H and O–H groups in total. The topological polar surface area (TPSA) is 93.3 Å². The van der Waals surface area contributed by atoms with Crippen LogP contribution in [-0.4, -0.2) is 35.8 Å². The van der Waals surface area contributed by atoms with Gasteiger partial charge < -0.3 is 14.8 Å². The molecule has 0 bridgehead atoms. The van der Waals surface area contributed by atoms with Gasteiger partial charge in [-0.05, 0) is 67.8 Å². The van der Waals surface area contributed by atoms with Gasteiger partial charge in [-0.2, -0.15) is 5.10 Å². The van der Waals surface area contributed by atoms with Gasteiger partial charge in [0.25, 0.3) is 5.91 Å². The standard InChI is InChI=1S/C22H21N3O4/c1-3-29-22(27)13-4-7-15(8-5-13)23-21(26)20-18-10-6-14-12-16(28-2)9-11-17(14)19(18)24-25-20/h4-5,7-9,11-12H,3,6,10H2,1-2H3,(H,23,26)(H,24,25). The molecule has 0 spiro atoms. The second-order valence-electron chi connectivity index (χ2n) is 6.70. The van der Waals surface area contributed by atoms with Crippen molar-refractivity contribution in [3.05, 3.63) is 64.8 Å². The summed E-state index contributed by atoms with van der Waals surface area (Å²) in [7, 11) is 1.65. The van der Waals surface area contributed by atoms with Crippen LogP contribution in [0.1, 0.15) is 38.9 Å². The minimum atomic E-state index is -0.386. The Balaban J connectivity index is 1.54. The number of ether oxygens (including phenoxy) is 2. The lowest BCUT2D eigenvalue weighted by atomic mass is 9.89. The van der Waals surface area contributed by atoms with Crippen LogP contribution in [0.5, 0.6) is 5.75 Å². The van der Waals surface area contributed by atoms with E-state index < -0.39 is 0 Å². The molecule has 3 aromatic rings. The molecule has 7 nitrogen and oxygen atoms in total. The average Bonchev–Trinajstić information content (AvgIpc) is 3.18. The van der Waals surface area contributed by atoms with Crippen molar-refractivity contribution in [1.82, 2.24) is 10.2 Å². The summed E-state index contributed by atoms with van der Waals surface area (Å²) in [5.41, 5.74) is 5.37. The zero-order valence-corrected chi connectivity index (χ0v) is 16.2. The number of anilines is 1. The van der Waals surface area contributed by atoms with E-state index in [2.05, 4.69) is 15.5 Å². The van der Waals surface area contributed by atoms with Gasteiger partial charge in [-0.3, -0.25) is 9.89 Å². The highest BCUT2D eigenvalue weighted by Gasteiger charge is 2.25. The number of carbonyl (C=O) groups excluding carboxylic acids is 2. The van der Waals surface area contributed by atoms with Gasteiger partial charge in [0, 0.05) is 16.8 Å². The molecule has 1 heterocycles. The molecule has 0 radical (unpaired) electrons. The van der Waals surface area contributed by atoms with Crippen molar-refractivity contribution >= 4 is 17.6 Å². The van der Waals surface area contributed by atoms with Crippen molar-refractivity contribution in [2.45, 2.75) is 19.8 Å². The minimum Gasteiger partial charge on any atom is -0.497 e. The molecule has 1 aliphatic rings. The van der Waals surface area contributed by atoms with Gasteiger partial charge >= 0.3 is 5.97 Å². The summed E-state index contributed by atoms with van der Waals surface area (Å²) in [4.78, 5) is 24.5. The lowest BCUT2D eigenvalue weighted by molar-refractivity contribution is 0.0526. The van der Waals surface area contributed by atoms with Crippen LogP contribution < -0.4 is 10.1 Å². The number of carbonyl (C=O) groups is 2. The van der Waals surface area contributed by atoms with Crippen LogP contribution in [-0.2, 0) is 17.6 Å². The van der Waals surface area contributed by atoms with Crippen LogP contribution >= 0.6 is 0 Å². The SMILES string of the molecule is CCOC(=O)c1ccc(NC(=O)c2[nH]nc3c2CCc2cc(OC)ccc2-3)cc1. The van der Waals surface area contributed by atoms with E-state index in [-0.39, 0.29) is 11.9 Å². The van der Waals surface area contributed by atoms with Gasteiger partial charge in [0.1, 0.15) is 11.4 Å². The van der Waals surface area contributed by atoms with E-state index in [0.29, 0.717) is 23.6 Å². The second kappa shape index (κ2) is 7.79. The molecule has 0 saturated heterocycles. The summed E-state index contributed by atoms with van der Waals surface area (Å²) in [6, 6.07) is 12.5. The van der Waals surface area contributed by atoms with Crippen molar-refractivity contribution in [3.8, 4) is 17.0 Å². The second-order valence-corrected chi connectivity index (χ2v) is 6.70. The normalized spacial score (nSPS) is 11.9. The third-order valence-electron chi connectivity index (χ3n) is 4.96. The van der Waals surface area contributed by atoms with Crippen LogP contribution in [0.2, 0.25) is 0 Å². The third-order valence-corrected chi connectivity index (χ3v) is 4.96. The maximum Gasteiger partial charge on any atom is 0.338 e. The Labute approximate surface area is 168 Å². The van der Waals surface area contributed by atoms with Crippen LogP contribution in [0.15, 0.2) is 42.5 Å². The Bertz CT molecular complexity index is 1070. The first kappa shape index (κ1) is 18.7. The largest absolute Gasteiger partial charge is 0.497 e. The smallest absolute Gasteiger partial charge is 0.338 e. The maximum atomic E-state index is 12.8. The number of aryl methyl sites for hydroxylation is 1. The Morgan fingerprint density at radius 2 is 1.93 bits per heavy atom. The van der Waals surface area contributed by atoms with Crippen molar-refractivity contribution < 1.29 is 19.1 Å². The van der Waals surface area contributed by atoms with Gasteiger partial charge in [0.15, 0.2) is 0 Å². The highest BCUT2D eigenvalue weighted by molar-refractivity contribution is 6.05. The number of rotatable bonds is 5. The maximum absolute atomic E-state index is 12.8. The number of methoxy groups -OCH3 is 1. The first-order chi connectivity index (χ1) is 14.1. The van der Waals surface area contributed by atoms with Crippen LogP contribution in [0.25, 0.3) is 11.3 Å². The fraction of sp³-hybridized carbons (Fsp3) is 0.227. The fourth-order valence-corrected chi connectivity index (χ4v) is 3.51. The highest BCUT2D eigenvalue weighted by Crippen LogP contribution is 2.35. The molecule has 1 aromatic heterocycles. The molecule has 2 aromatic carbocycles. The summed E-state index contributed by atoms with van der Waals surface area (Å²) in [6.45, 7) is 2.07. The number of esters is 1. The van der Waals surface area contributed by atoms with E-state index in [1.165, 1.54) is 0 Å². The molecule has 29 heavy (non-hydrogen) atoms. The molecule has 0 unspecified atom stereocenters. The molecule has 4 rings (SSSR count). The van der Waals surface area contributed by atoms with Crippen molar-refractivity contribution in [3.63, 3.8) is 0 Å². The first-order valence-electron chi connectivity index (χ1n) is 9.43. The Hall–Kier alpha value is -3.61. The summed E-state index contributed by atoms with van der Waals surface area (Å²) in [5.74, 6) is 0.162. The van der Waals surface area contributed by atoms with E-state index in [9.17, 15) is 9.59 Å². The predicted octanol–water partition coefficient (Wildman–Crippen LogP) is 3.61. The summed E-state index contributed by atoms with van der Waals surface area (Å²) in [6.07, 6.45) is 1.53. The number of aromatic amines is 1. The summed E-state index contributed by atoms with van der Waals surface area (Å²) < 4.78 is 10.3. The Kier molecular flexibility index (Phi) is 5.03. The Morgan fingerprint density at radius 1 is 1.14 bits per heavy atom. The number of nitrogens with one attached hydrogen (secondary N) is 2. The molecule has 148 valence electrons. The number of hydrogen-bond acceptors (Lipinski definition) is 5. The lowest BCUT2D eigenvalue weighted by Gasteiger charge is -2.17. The summed E-state index contributed by atoms with van der Waals surface area (Å²) >= 11 is 0. The molecule has 0 atom stereocenters. The van der Waals surface area contributed by atoms with Crippen LogP contribution in [0.4, 0.5) is 5.69 Å². The lowest BCUT2D eigenvalue weighted by Crippen LogP contribution is -2.16. The number of H-pyrrole nitrogens is 1. The Morgan fingerprint density at radius 3 is 2.66 bits per heavy atom. The average molecular weight is 391 g/mol. The quantitative estimate of drug-likeness (QED) is 0.648. The van der Waals surface area contributed by atoms with E-state index in [1.54, 1.807) is 38.3 Å². The monoisotopic (exact) mass is 391 g/mol. The third kappa shape index (κ3) is 3.59. The number of amides is 1. The molecular weight excluding hydrogens is 370 g/mol. The molecule has 0 aliphatic heterocycles. The molecular formula is C22H21N3O4. The number of aromatic nitrogens is 2. The minimum absolute atomic E-state index is 0.264. The molecule has 1 aliphatic carbocycles. The summed E-state index contributed by atoms with van der Waals surface area (Å²) in [5, 5.41) is 10.1. The highest BCUT2D eigenvalue weighted by atomic mass is 16.5.